The number of allylic oxidation sites excluding steroid dienone is 1. The number of amides is 1. The number of nitrogens with two attached hydrogens (primary N) is 1. The van der Waals surface area contributed by atoms with Crippen LogP contribution in [0, 0.1) is 22.5 Å². The second kappa shape index (κ2) is 5.64. The Morgan fingerprint density at radius 3 is 2.48 bits per heavy atom. The highest BCUT2D eigenvalue weighted by Gasteiger charge is 2.52. The quantitative estimate of drug-likeness (QED) is 0.894. The number of carbonyl (C=O) groups is 2. The van der Waals surface area contributed by atoms with Crippen molar-refractivity contribution in [3.8, 4) is 0 Å². The van der Waals surface area contributed by atoms with Crippen molar-refractivity contribution < 1.29 is 18.4 Å². The molecular weight excluding hydrogens is 326 g/mol. The van der Waals surface area contributed by atoms with E-state index in [1.807, 2.05) is 13.8 Å². The van der Waals surface area contributed by atoms with Crippen LogP contribution in [-0.4, -0.2) is 29.7 Å². The molecule has 1 aliphatic carbocycles. The average molecular weight is 348 g/mol. The van der Waals surface area contributed by atoms with E-state index in [-0.39, 0.29) is 28.4 Å². The Balaban J connectivity index is 1.74. The van der Waals surface area contributed by atoms with Gasteiger partial charge in [0.25, 0.3) is 0 Å². The molecule has 1 aliphatic heterocycles. The Labute approximate surface area is 145 Å². The summed E-state index contributed by atoms with van der Waals surface area (Å²) in [5, 5.41) is 0. The van der Waals surface area contributed by atoms with Crippen molar-refractivity contribution in [2.75, 3.05) is 13.1 Å². The molecule has 25 heavy (non-hydrogen) atoms. The third kappa shape index (κ3) is 2.94. The number of rotatable bonds is 2. The van der Waals surface area contributed by atoms with Gasteiger partial charge in [-0.05, 0) is 25.5 Å². The summed E-state index contributed by atoms with van der Waals surface area (Å²) >= 11 is 0. The third-order valence-corrected chi connectivity index (χ3v) is 5.26. The smallest absolute Gasteiger partial charge is 0.230 e. The van der Waals surface area contributed by atoms with Crippen molar-refractivity contribution in [2.24, 2.45) is 16.6 Å². The summed E-state index contributed by atoms with van der Waals surface area (Å²) in [5.41, 5.74) is 5.45. The molecule has 6 heteroatoms. The molecule has 1 aromatic rings. The van der Waals surface area contributed by atoms with Gasteiger partial charge < -0.3 is 10.6 Å². The van der Waals surface area contributed by atoms with Gasteiger partial charge in [0.1, 0.15) is 11.6 Å². The molecule has 0 bridgehead atoms. The molecule has 4 nitrogen and oxygen atoms in total. The number of likely N-dealkylation sites (tertiary alicyclic amines) is 1. The van der Waals surface area contributed by atoms with Gasteiger partial charge in [-0.3, -0.25) is 9.59 Å². The van der Waals surface area contributed by atoms with Crippen molar-refractivity contribution in [1.29, 1.82) is 0 Å². The summed E-state index contributed by atoms with van der Waals surface area (Å²) in [7, 11) is 0. The number of Topliss-reactive ketones (excluding diaryl/α,β-unsaturated/α-hetero) is 1. The predicted molar refractivity (Wildman–Crippen MR) is 89.5 cm³/mol. The zero-order chi connectivity index (χ0) is 18.6. The third-order valence-electron chi connectivity index (χ3n) is 5.26. The van der Waals surface area contributed by atoms with Crippen molar-refractivity contribution in [2.45, 2.75) is 33.1 Å². The van der Waals surface area contributed by atoms with E-state index in [0.29, 0.717) is 19.5 Å². The van der Waals surface area contributed by atoms with Crippen molar-refractivity contribution in [3.63, 3.8) is 0 Å². The molecule has 0 radical (unpaired) electrons. The van der Waals surface area contributed by atoms with E-state index in [9.17, 15) is 18.4 Å². The highest BCUT2D eigenvalue weighted by molar-refractivity contribution is 5.99. The van der Waals surface area contributed by atoms with Gasteiger partial charge in [0.2, 0.25) is 5.91 Å². The van der Waals surface area contributed by atoms with Crippen LogP contribution in [-0.2, 0) is 9.59 Å². The lowest BCUT2D eigenvalue weighted by atomic mass is 9.62. The van der Waals surface area contributed by atoms with Gasteiger partial charge in [-0.15, -0.1) is 0 Å². The second-order valence-electron chi connectivity index (χ2n) is 7.93. The minimum absolute atomic E-state index is 0.0651. The van der Waals surface area contributed by atoms with Crippen LogP contribution in [0.25, 0.3) is 0 Å². The van der Waals surface area contributed by atoms with E-state index in [2.05, 4.69) is 0 Å². The van der Waals surface area contributed by atoms with E-state index in [0.717, 1.165) is 12.1 Å². The molecule has 1 heterocycles. The number of carbonyl (C=O) groups excluding carboxylic acids is 2. The maximum absolute atomic E-state index is 13.9. The fourth-order valence-corrected chi connectivity index (χ4v) is 4.13. The Kier molecular flexibility index (Phi) is 3.97. The molecule has 2 aliphatic rings. The Hall–Kier alpha value is -2.24. The van der Waals surface area contributed by atoms with Crippen LogP contribution in [0.4, 0.5) is 8.78 Å². The molecule has 1 fully saturated rings. The average Bonchev–Trinajstić information content (AvgIpc) is 2.48. The van der Waals surface area contributed by atoms with Gasteiger partial charge in [-0.2, -0.15) is 0 Å². The van der Waals surface area contributed by atoms with E-state index < -0.39 is 23.0 Å². The maximum Gasteiger partial charge on any atom is 0.230 e. The summed E-state index contributed by atoms with van der Waals surface area (Å²) < 4.78 is 27.0. The lowest BCUT2D eigenvalue weighted by Crippen LogP contribution is -2.62. The zero-order valence-electron chi connectivity index (χ0n) is 14.6. The molecule has 2 N–H and O–H groups in total. The summed E-state index contributed by atoms with van der Waals surface area (Å²) in [6.07, 6.45) is 2.40. The first-order valence-corrected chi connectivity index (χ1v) is 8.32. The van der Waals surface area contributed by atoms with Gasteiger partial charge >= 0.3 is 0 Å². The highest BCUT2D eigenvalue weighted by Crippen LogP contribution is 2.47. The molecule has 0 saturated carbocycles. The number of hydrogen-bond donors (Lipinski definition) is 1. The molecule has 1 aromatic carbocycles. The van der Waals surface area contributed by atoms with Crippen LogP contribution in [0.5, 0.6) is 0 Å². The van der Waals surface area contributed by atoms with Crippen molar-refractivity contribution in [1.82, 2.24) is 4.90 Å². The van der Waals surface area contributed by atoms with Crippen LogP contribution in [0.2, 0.25) is 0 Å². The monoisotopic (exact) mass is 348 g/mol. The van der Waals surface area contributed by atoms with E-state index in [1.165, 1.54) is 6.07 Å². The summed E-state index contributed by atoms with van der Waals surface area (Å²) in [6.45, 7) is 6.24. The van der Waals surface area contributed by atoms with Crippen LogP contribution < -0.4 is 5.73 Å². The Morgan fingerprint density at radius 2 is 1.92 bits per heavy atom. The number of halogens is 2. The number of ketones is 1. The summed E-state index contributed by atoms with van der Waals surface area (Å²) in [6, 6.07) is 3.25. The van der Waals surface area contributed by atoms with Gasteiger partial charge in [0.05, 0.1) is 11.6 Å². The molecule has 1 spiro atoms. The van der Waals surface area contributed by atoms with E-state index >= 15 is 0 Å². The predicted octanol–water partition coefficient (Wildman–Crippen LogP) is 2.74. The standard InChI is InChI=1S/C19H22F2N2O2/c1-11(13-5-4-12(20)6-14(13)21)17(25)23-9-19(10-23)7-15(22)16(24)18(2,3)8-19/h4-7,11H,8-10,22H2,1-3H3. The second-order valence-corrected chi connectivity index (χ2v) is 7.93. The first-order chi connectivity index (χ1) is 11.5. The molecule has 3 rings (SSSR count). The minimum Gasteiger partial charge on any atom is -0.396 e. The topological polar surface area (TPSA) is 63.4 Å². The summed E-state index contributed by atoms with van der Waals surface area (Å²) in [5.74, 6) is -2.36. The van der Waals surface area contributed by atoms with Gasteiger partial charge in [0, 0.05) is 35.5 Å². The number of nitrogens with zero attached hydrogens (tertiary/aromatic N) is 1. The van der Waals surface area contributed by atoms with Crippen LogP contribution in [0.3, 0.4) is 0 Å². The van der Waals surface area contributed by atoms with Gasteiger partial charge in [-0.1, -0.05) is 19.9 Å². The molecule has 134 valence electrons. The lowest BCUT2D eigenvalue weighted by molar-refractivity contribution is -0.145. The molecule has 1 amide bonds. The van der Waals surface area contributed by atoms with Crippen LogP contribution >= 0.6 is 0 Å². The molecule has 1 saturated heterocycles. The lowest BCUT2D eigenvalue weighted by Gasteiger charge is -2.53. The number of benzene rings is 1. The minimum atomic E-state index is -0.718. The van der Waals surface area contributed by atoms with Crippen molar-refractivity contribution in [3.05, 3.63) is 47.2 Å². The fourth-order valence-electron chi connectivity index (χ4n) is 4.13. The Bertz CT molecular complexity index is 780. The van der Waals surface area contributed by atoms with Gasteiger partial charge in [-0.25, -0.2) is 8.78 Å². The van der Waals surface area contributed by atoms with E-state index in [1.54, 1.807) is 17.9 Å². The number of hydrogen-bond acceptors (Lipinski definition) is 3. The molecular formula is C19H22F2N2O2. The van der Waals surface area contributed by atoms with Crippen LogP contribution in [0.1, 0.15) is 38.7 Å². The zero-order valence-corrected chi connectivity index (χ0v) is 14.6. The maximum atomic E-state index is 13.9. The fraction of sp³-hybridized carbons (Fsp3) is 0.474. The first kappa shape index (κ1) is 17.6. The Morgan fingerprint density at radius 1 is 1.28 bits per heavy atom. The van der Waals surface area contributed by atoms with Gasteiger partial charge in [0.15, 0.2) is 5.78 Å². The first-order valence-electron chi connectivity index (χ1n) is 8.32. The van der Waals surface area contributed by atoms with E-state index in [4.69, 9.17) is 5.73 Å². The summed E-state index contributed by atoms with van der Waals surface area (Å²) in [4.78, 5) is 26.4. The highest BCUT2D eigenvalue weighted by atomic mass is 19.1. The molecule has 1 unspecified atom stereocenters. The molecule has 0 aromatic heterocycles. The van der Waals surface area contributed by atoms with Crippen LogP contribution in [0.15, 0.2) is 30.0 Å². The SMILES string of the molecule is CC(C(=O)N1CC2(C=C(N)C(=O)C(C)(C)C2)C1)c1ccc(F)cc1F. The normalized spacial score (nSPS) is 22.4. The largest absolute Gasteiger partial charge is 0.396 e. The molecule has 1 atom stereocenters. The van der Waals surface area contributed by atoms with Crippen molar-refractivity contribution >= 4 is 11.7 Å².